The standard InChI is InChI=1S/C68H64INO11/c1-39(2)46(13)75-55-27-19-50(20-28-55)58-30-22-52(34-62(58)80-68(73)45(12)38-74-16)49-17-25-56(26-18-49)78-65(42(7)8)70-37-44(11)67(72)81-64-35-53(23-31-61(64)79-66(71)43(9)10)51-21-29-57(59(69)33-51)54-24-32-60(76-47(14)40(3)4)63(36-54)77-48(15)41(5)6/h17-37,48H,1,3,5,7,9,12-14,38H2,2,4,6,8,10-11,15-16H3/b44-37+,70-65?. The normalized spacial score (nSPS) is 11.5. The van der Waals surface area contributed by atoms with Crippen LogP contribution in [-0.4, -0.2) is 43.6 Å². The highest BCUT2D eigenvalue weighted by Gasteiger charge is 2.21. The number of hydrogen-bond acceptors (Lipinski definition) is 12. The fourth-order valence-electron chi connectivity index (χ4n) is 7.13. The van der Waals surface area contributed by atoms with Gasteiger partial charge in [-0.25, -0.2) is 19.4 Å². The molecule has 6 aromatic rings. The SMILES string of the molecule is C=C(C)C(=C)Oc1ccc(-c2ccc(-c3ccc(OC(=N/C=C(\C)C(=O)Oc4cc(-c5ccc(-c6ccc(OC(=C)C(=C)C)c(OC(C)C(=C)C)c6)c(I)c5)ccc4OC(=O)C(=C)C)C(=C)C)cc3)cc2OC(=O)C(=C)COC)cc1. The van der Waals surface area contributed by atoms with Gasteiger partial charge in [-0.1, -0.05) is 113 Å². The van der Waals surface area contributed by atoms with Crippen LogP contribution < -0.4 is 33.2 Å². The van der Waals surface area contributed by atoms with Crippen molar-refractivity contribution in [1.82, 2.24) is 0 Å². The molecule has 0 aromatic heterocycles. The minimum absolute atomic E-state index is 0.00277. The van der Waals surface area contributed by atoms with Crippen molar-refractivity contribution in [3.63, 3.8) is 0 Å². The molecule has 6 rings (SSSR count). The minimum Gasteiger partial charge on any atom is -0.482 e. The Kier molecular flexibility index (Phi) is 20.9. The molecule has 0 N–H and O–H groups in total. The molecular weight excluding hydrogens is 1130 g/mol. The van der Waals surface area contributed by atoms with Gasteiger partial charge in [0.1, 0.15) is 34.9 Å². The number of benzene rings is 6. The molecule has 12 nitrogen and oxygen atoms in total. The zero-order valence-corrected chi connectivity index (χ0v) is 49.0. The Labute approximate surface area is 488 Å². The summed E-state index contributed by atoms with van der Waals surface area (Å²) < 4.78 is 47.8. The Morgan fingerprint density at radius 2 is 0.963 bits per heavy atom. The van der Waals surface area contributed by atoms with Crippen LogP contribution in [-0.2, 0) is 19.1 Å². The van der Waals surface area contributed by atoms with Crippen molar-refractivity contribution in [1.29, 1.82) is 0 Å². The summed E-state index contributed by atoms with van der Waals surface area (Å²) >= 11 is 2.27. The van der Waals surface area contributed by atoms with E-state index in [1.807, 2.05) is 100 Å². The number of methoxy groups -OCH3 is 1. The number of ether oxygens (including phenoxy) is 8. The summed E-state index contributed by atoms with van der Waals surface area (Å²) in [4.78, 5) is 44.2. The summed E-state index contributed by atoms with van der Waals surface area (Å²) in [6, 6.07) is 36.6. The molecule has 1 unspecified atom stereocenters. The summed E-state index contributed by atoms with van der Waals surface area (Å²) in [7, 11) is 1.47. The average Bonchev–Trinajstić information content (AvgIpc) is 3.46. The van der Waals surface area contributed by atoms with Gasteiger partial charge in [-0.3, -0.25) is 0 Å². The first-order valence-corrected chi connectivity index (χ1v) is 26.4. The van der Waals surface area contributed by atoms with E-state index < -0.39 is 17.9 Å². The van der Waals surface area contributed by atoms with E-state index in [0.29, 0.717) is 68.1 Å². The van der Waals surface area contributed by atoms with Crippen LogP contribution in [0.15, 0.2) is 236 Å². The average molecular weight is 1200 g/mol. The van der Waals surface area contributed by atoms with Crippen LogP contribution in [0.4, 0.5) is 0 Å². The van der Waals surface area contributed by atoms with E-state index in [1.54, 1.807) is 55.5 Å². The third-order valence-corrected chi connectivity index (χ3v) is 13.0. The Bertz CT molecular complexity index is 3600. The zero-order valence-electron chi connectivity index (χ0n) is 46.9. The first kappa shape index (κ1) is 61.2. The van der Waals surface area contributed by atoms with Gasteiger partial charge >= 0.3 is 17.9 Å². The number of hydrogen-bond donors (Lipinski definition) is 0. The molecule has 0 saturated heterocycles. The Morgan fingerprint density at radius 1 is 0.481 bits per heavy atom. The molecule has 0 fully saturated rings. The second-order valence-corrected chi connectivity index (χ2v) is 20.3. The maximum atomic E-state index is 13.8. The van der Waals surface area contributed by atoms with Gasteiger partial charge in [0.05, 0.1) is 17.8 Å². The van der Waals surface area contributed by atoms with Gasteiger partial charge in [0, 0.05) is 33.6 Å². The number of halogens is 1. The number of esters is 3. The molecular formula is C68H64INO11. The lowest BCUT2D eigenvalue weighted by molar-refractivity contribution is -0.132. The van der Waals surface area contributed by atoms with E-state index in [4.69, 9.17) is 37.9 Å². The third kappa shape index (κ3) is 16.5. The van der Waals surface area contributed by atoms with Gasteiger partial charge in [-0.2, -0.15) is 0 Å². The number of carbonyl (C=O) groups excluding carboxylic acids is 3. The van der Waals surface area contributed by atoms with Crippen LogP contribution in [0.2, 0.25) is 0 Å². The Morgan fingerprint density at radius 3 is 1.54 bits per heavy atom. The Hall–Kier alpha value is -9.05. The maximum absolute atomic E-state index is 13.8. The highest BCUT2D eigenvalue weighted by atomic mass is 127. The minimum atomic E-state index is -0.771. The van der Waals surface area contributed by atoms with Crippen LogP contribution in [0.25, 0.3) is 44.5 Å². The number of nitrogens with zero attached hydrogens (tertiary/aromatic N) is 1. The van der Waals surface area contributed by atoms with E-state index in [2.05, 4.69) is 80.2 Å². The van der Waals surface area contributed by atoms with Crippen LogP contribution in [0.3, 0.4) is 0 Å². The van der Waals surface area contributed by atoms with Crippen molar-refractivity contribution in [2.75, 3.05) is 13.7 Å². The number of rotatable bonds is 24. The lowest BCUT2D eigenvalue weighted by Crippen LogP contribution is -2.14. The quantitative estimate of drug-likeness (QED) is 0.00659. The van der Waals surface area contributed by atoms with Crippen LogP contribution >= 0.6 is 22.6 Å². The molecule has 81 heavy (non-hydrogen) atoms. The van der Waals surface area contributed by atoms with Crippen LogP contribution in [0.1, 0.15) is 48.5 Å². The molecule has 13 heteroatoms. The molecule has 0 saturated carbocycles. The predicted octanol–water partition coefficient (Wildman–Crippen LogP) is 16.7. The molecule has 0 aliphatic carbocycles. The molecule has 0 aliphatic rings. The summed E-state index contributed by atoms with van der Waals surface area (Å²) in [6.45, 7) is 43.5. The van der Waals surface area contributed by atoms with Crippen LogP contribution in [0, 0.1) is 3.57 Å². The van der Waals surface area contributed by atoms with E-state index in [-0.39, 0.29) is 46.8 Å². The fourth-order valence-corrected chi connectivity index (χ4v) is 7.96. The second kappa shape index (κ2) is 27.7. The summed E-state index contributed by atoms with van der Waals surface area (Å²) in [6.07, 6.45) is 1.02. The van der Waals surface area contributed by atoms with Crippen molar-refractivity contribution < 1.29 is 52.3 Å². The lowest BCUT2D eigenvalue weighted by Gasteiger charge is -2.20. The van der Waals surface area contributed by atoms with Gasteiger partial charge in [0.15, 0.2) is 23.0 Å². The largest absolute Gasteiger partial charge is 0.482 e. The summed E-state index contributed by atoms with van der Waals surface area (Å²) in [5, 5.41) is 0. The summed E-state index contributed by atoms with van der Waals surface area (Å²) in [5.41, 5.74) is 9.33. The first-order chi connectivity index (χ1) is 38.4. The van der Waals surface area contributed by atoms with Crippen molar-refractivity contribution in [3.05, 3.63) is 234 Å². The first-order valence-electron chi connectivity index (χ1n) is 25.3. The molecule has 414 valence electrons. The molecule has 0 radical (unpaired) electrons. The zero-order chi connectivity index (χ0) is 59.2. The third-order valence-electron chi connectivity index (χ3n) is 12.1. The van der Waals surface area contributed by atoms with Crippen molar-refractivity contribution in [3.8, 4) is 84.8 Å². The van der Waals surface area contributed by atoms with Crippen molar-refractivity contribution in [2.45, 2.75) is 54.6 Å². The topological polar surface area (TPSA) is 137 Å². The molecule has 6 aromatic carbocycles. The van der Waals surface area contributed by atoms with E-state index >= 15 is 0 Å². The van der Waals surface area contributed by atoms with Crippen LogP contribution in [0.5, 0.6) is 40.2 Å². The Balaban J connectivity index is 1.23. The molecule has 1 atom stereocenters. The van der Waals surface area contributed by atoms with Gasteiger partial charge in [-0.15, -0.1) is 0 Å². The highest BCUT2D eigenvalue weighted by molar-refractivity contribution is 14.1. The van der Waals surface area contributed by atoms with Gasteiger partial charge in [0.2, 0.25) is 5.90 Å². The van der Waals surface area contributed by atoms with E-state index in [0.717, 1.165) is 42.5 Å². The van der Waals surface area contributed by atoms with Gasteiger partial charge in [0.25, 0.3) is 0 Å². The number of aliphatic imine (C=N–C) groups is 1. The molecule has 0 spiro atoms. The van der Waals surface area contributed by atoms with Crippen molar-refractivity contribution >= 4 is 46.4 Å². The summed E-state index contributed by atoms with van der Waals surface area (Å²) in [5.74, 6) is 1.21. The maximum Gasteiger partial charge on any atom is 0.341 e. The molecule has 0 amide bonds. The van der Waals surface area contributed by atoms with E-state index in [9.17, 15) is 14.4 Å². The number of carbonyl (C=O) groups is 3. The fraction of sp³-hybridized carbons (Fsp3) is 0.147. The van der Waals surface area contributed by atoms with Crippen molar-refractivity contribution in [2.24, 2.45) is 4.99 Å². The molecule has 0 aliphatic heterocycles. The molecule has 0 heterocycles. The van der Waals surface area contributed by atoms with E-state index in [1.165, 1.54) is 27.2 Å². The molecule has 0 bridgehead atoms. The lowest BCUT2D eigenvalue weighted by atomic mass is 9.99. The smallest absolute Gasteiger partial charge is 0.341 e. The van der Waals surface area contributed by atoms with Gasteiger partial charge < -0.3 is 37.9 Å². The van der Waals surface area contributed by atoms with Gasteiger partial charge in [-0.05, 0) is 187 Å². The monoisotopic (exact) mass is 1200 g/mol. The predicted molar refractivity (Wildman–Crippen MR) is 331 cm³/mol. The highest BCUT2D eigenvalue weighted by Crippen LogP contribution is 2.41. The number of allylic oxidation sites excluding steroid dienone is 2. The second-order valence-electron chi connectivity index (χ2n) is 19.1.